The predicted octanol–water partition coefficient (Wildman–Crippen LogP) is 4.50. The minimum absolute atomic E-state index is 0.0851. The Balaban J connectivity index is 1.50. The molecular weight excluding hydrogens is 411 g/mol. The van der Waals surface area contributed by atoms with Crippen LogP contribution in [0.4, 0.5) is 10.1 Å². The van der Waals surface area contributed by atoms with Crippen LogP contribution in [0.5, 0.6) is 5.75 Å². The fraction of sp³-hybridized carbons (Fsp3) is 0.240. The zero-order valence-corrected chi connectivity index (χ0v) is 17.8. The lowest BCUT2D eigenvalue weighted by Crippen LogP contribution is -2.32. The molecule has 0 aliphatic heterocycles. The lowest BCUT2D eigenvalue weighted by Gasteiger charge is -2.29. The van der Waals surface area contributed by atoms with Crippen molar-refractivity contribution in [1.82, 2.24) is 4.98 Å². The molecular formula is C25H23FN2O4. The van der Waals surface area contributed by atoms with Crippen molar-refractivity contribution in [3.8, 4) is 5.75 Å². The number of ketones is 1. The Morgan fingerprint density at radius 3 is 2.66 bits per heavy atom. The maximum Gasteiger partial charge on any atom is 0.261 e. The van der Waals surface area contributed by atoms with Crippen molar-refractivity contribution in [1.29, 1.82) is 0 Å². The van der Waals surface area contributed by atoms with Gasteiger partial charge in [0.2, 0.25) is 0 Å². The molecule has 164 valence electrons. The van der Waals surface area contributed by atoms with Gasteiger partial charge in [0.25, 0.3) is 11.5 Å². The van der Waals surface area contributed by atoms with Gasteiger partial charge in [0.05, 0.1) is 0 Å². The molecule has 1 amide bonds. The van der Waals surface area contributed by atoms with Crippen molar-refractivity contribution < 1.29 is 18.7 Å². The molecule has 6 nitrogen and oxygen atoms in total. The van der Waals surface area contributed by atoms with Gasteiger partial charge in [0.15, 0.2) is 5.78 Å². The van der Waals surface area contributed by atoms with Crippen LogP contribution in [0.1, 0.15) is 52.2 Å². The largest absolute Gasteiger partial charge is 0.489 e. The zero-order valence-electron chi connectivity index (χ0n) is 17.8. The van der Waals surface area contributed by atoms with Gasteiger partial charge >= 0.3 is 0 Å². The lowest BCUT2D eigenvalue weighted by molar-refractivity contribution is 0.0910. The fourth-order valence-corrected chi connectivity index (χ4v) is 3.86. The molecule has 32 heavy (non-hydrogen) atoms. The van der Waals surface area contributed by atoms with Crippen molar-refractivity contribution in [2.75, 3.05) is 5.32 Å². The van der Waals surface area contributed by atoms with Crippen LogP contribution in [0, 0.1) is 11.2 Å². The van der Waals surface area contributed by atoms with E-state index in [0.29, 0.717) is 35.5 Å². The third kappa shape index (κ3) is 4.77. The molecule has 0 unspecified atom stereocenters. The topological polar surface area (TPSA) is 88.3 Å². The van der Waals surface area contributed by atoms with Crippen molar-refractivity contribution >= 4 is 17.4 Å². The highest BCUT2D eigenvalue weighted by atomic mass is 19.1. The van der Waals surface area contributed by atoms with Crippen molar-refractivity contribution in [3.63, 3.8) is 0 Å². The molecule has 1 aromatic heterocycles. The number of H-pyrrole nitrogens is 1. The van der Waals surface area contributed by atoms with E-state index in [2.05, 4.69) is 10.3 Å². The average Bonchev–Trinajstić information content (AvgIpc) is 2.71. The lowest BCUT2D eigenvalue weighted by atomic mass is 9.75. The van der Waals surface area contributed by atoms with E-state index in [1.807, 2.05) is 13.8 Å². The smallest absolute Gasteiger partial charge is 0.261 e. The molecule has 0 spiro atoms. The third-order valence-electron chi connectivity index (χ3n) is 5.35. The quantitative estimate of drug-likeness (QED) is 0.619. The van der Waals surface area contributed by atoms with Crippen LogP contribution in [-0.4, -0.2) is 16.7 Å². The van der Waals surface area contributed by atoms with Crippen LogP contribution in [0.25, 0.3) is 0 Å². The molecule has 1 aliphatic rings. The Bertz CT molecular complexity index is 1260. The molecule has 0 fully saturated rings. The van der Waals surface area contributed by atoms with Gasteiger partial charge < -0.3 is 15.0 Å². The minimum atomic E-state index is -0.602. The number of pyridine rings is 1. The van der Waals surface area contributed by atoms with E-state index in [1.165, 1.54) is 18.2 Å². The van der Waals surface area contributed by atoms with E-state index < -0.39 is 11.5 Å². The van der Waals surface area contributed by atoms with Crippen LogP contribution in [0.2, 0.25) is 0 Å². The standard InChI is InChI=1S/C25H23FN2O4/c1-25(2)12-21-19(22(29)13-25)11-20(24(31)28-21)23(30)27-17-7-3-5-15(9-17)14-32-18-8-4-6-16(26)10-18/h3-11H,12-14H2,1-2H3,(H,27,30)(H,28,31). The molecule has 7 heteroatoms. The number of halogens is 1. The number of nitrogens with one attached hydrogen (secondary N) is 2. The number of carbonyl (C=O) groups is 2. The van der Waals surface area contributed by atoms with Gasteiger partial charge in [-0.2, -0.15) is 0 Å². The highest BCUT2D eigenvalue weighted by molar-refractivity contribution is 6.06. The summed E-state index contributed by atoms with van der Waals surface area (Å²) >= 11 is 0. The number of benzene rings is 2. The molecule has 0 saturated heterocycles. The Morgan fingerprint density at radius 2 is 1.88 bits per heavy atom. The Morgan fingerprint density at radius 1 is 1.09 bits per heavy atom. The van der Waals surface area contributed by atoms with Gasteiger partial charge in [-0.3, -0.25) is 14.4 Å². The van der Waals surface area contributed by atoms with E-state index in [1.54, 1.807) is 36.4 Å². The van der Waals surface area contributed by atoms with Gasteiger partial charge in [0, 0.05) is 29.4 Å². The number of aromatic amines is 1. The molecule has 2 aromatic carbocycles. The number of amides is 1. The molecule has 0 radical (unpaired) electrons. The van der Waals surface area contributed by atoms with Gasteiger partial charge in [0.1, 0.15) is 23.7 Å². The first-order valence-corrected chi connectivity index (χ1v) is 10.3. The predicted molar refractivity (Wildman–Crippen MR) is 119 cm³/mol. The van der Waals surface area contributed by atoms with E-state index in [4.69, 9.17) is 4.74 Å². The highest BCUT2D eigenvalue weighted by Gasteiger charge is 2.32. The van der Waals surface area contributed by atoms with Crippen molar-refractivity contribution in [2.45, 2.75) is 33.3 Å². The van der Waals surface area contributed by atoms with Crippen LogP contribution >= 0.6 is 0 Å². The summed E-state index contributed by atoms with van der Waals surface area (Å²) in [5, 5.41) is 2.70. The second-order valence-corrected chi connectivity index (χ2v) is 8.75. The van der Waals surface area contributed by atoms with Crippen molar-refractivity contribution in [3.05, 3.63) is 93.2 Å². The number of Topliss-reactive ketones (excluding diaryl/α,β-unsaturated/α-hetero) is 1. The summed E-state index contributed by atoms with van der Waals surface area (Å²) in [4.78, 5) is 40.5. The van der Waals surface area contributed by atoms with Crippen molar-refractivity contribution in [2.24, 2.45) is 5.41 Å². The summed E-state index contributed by atoms with van der Waals surface area (Å²) in [5.74, 6) is -0.679. The van der Waals surface area contributed by atoms with Crippen LogP contribution in [-0.2, 0) is 13.0 Å². The summed E-state index contributed by atoms with van der Waals surface area (Å²) in [7, 11) is 0. The third-order valence-corrected chi connectivity index (χ3v) is 5.35. The Kier molecular flexibility index (Phi) is 5.65. The molecule has 0 atom stereocenters. The molecule has 4 rings (SSSR count). The van der Waals surface area contributed by atoms with E-state index in [0.717, 1.165) is 5.56 Å². The molecule has 0 bridgehead atoms. The number of rotatable bonds is 5. The molecule has 2 N–H and O–H groups in total. The van der Waals surface area contributed by atoms with E-state index >= 15 is 0 Å². The maximum atomic E-state index is 13.3. The van der Waals surface area contributed by atoms with Gasteiger partial charge in [-0.1, -0.05) is 32.0 Å². The highest BCUT2D eigenvalue weighted by Crippen LogP contribution is 2.33. The first kappa shape index (κ1) is 21.5. The van der Waals surface area contributed by atoms with Crippen LogP contribution in [0.15, 0.2) is 59.4 Å². The van der Waals surface area contributed by atoms with Gasteiger partial charge in [-0.05, 0) is 47.7 Å². The van der Waals surface area contributed by atoms with Gasteiger partial charge in [-0.15, -0.1) is 0 Å². The number of fused-ring (bicyclic) bond motifs is 1. The molecule has 3 aromatic rings. The van der Waals surface area contributed by atoms with Crippen LogP contribution < -0.4 is 15.6 Å². The number of hydrogen-bond acceptors (Lipinski definition) is 4. The summed E-state index contributed by atoms with van der Waals surface area (Å²) in [6, 6.07) is 14.2. The van der Waals surface area contributed by atoms with E-state index in [9.17, 15) is 18.8 Å². The monoisotopic (exact) mass is 434 g/mol. The summed E-state index contributed by atoms with van der Waals surface area (Å²) in [6.45, 7) is 4.12. The normalized spacial score (nSPS) is 14.5. The number of anilines is 1. The second-order valence-electron chi connectivity index (χ2n) is 8.75. The number of aromatic nitrogens is 1. The minimum Gasteiger partial charge on any atom is -0.489 e. The second kappa shape index (κ2) is 8.42. The zero-order chi connectivity index (χ0) is 22.9. The van der Waals surface area contributed by atoms with E-state index in [-0.39, 0.29) is 29.2 Å². The number of carbonyl (C=O) groups excluding carboxylic acids is 2. The molecule has 1 aliphatic carbocycles. The first-order valence-electron chi connectivity index (χ1n) is 10.3. The Labute approximate surface area is 184 Å². The number of hydrogen-bond donors (Lipinski definition) is 2. The van der Waals surface area contributed by atoms with Gasteiger partial charge in [-0.25, -0.2) is 4.39 Å². The van der Waals surface area contributed by atoms with Crippen LogP contribution in [0.3, 0.4) is 0 Å². The first-order chi connectivity index (χ1) is 15.2. The summed E-state index contributed by atoms with van der Waals surface area (Å²) < 4.78 is 18.9. The SMILES string of the molecule is CC1(C)CC(=O)c2cc(C(=O)Nc3cccc(COc4cccc(F)c4)c3)c(=O)[nH]c2C1. The maximum absolute atomic E-state index is 13.3. The average molecular weight is 434 g/mol. The molecule has 0 saturated carbocycles. The fourth-order valence-electron chi connectivity index (χ4n) is 3.86. The molecule has 1 heterocycles. The summed E-state index contributed by atoms with van der Waals surface area (Å²) in [6.07, 6.45) is 0.930. The number of ether oxygens (including phenoxy) is 1. The Hall–Kier alpha value is -3.74. The summed E-state index contributed by atoms with van der Waals surface area (Å²) in [5.41, 5.74) is 1.32.